The third-order valence-electron chi connectivity index (χ3n) is 2.22. The van der Waals surface area contributed by atoms with E-state index in [0.29, 0.717) is 5.56 Å². The lowest BCUT2D eigenvalue weighted by Crippen LogP contribution is -2.38. The maximum Gasteiger partial charge on any atom is 0.275 e. The van der Waals surface area contributed by atoms with Gasteiger partial charge in [-0.1, -0.05) is 24.3 Å². The Kier molecular flexibility index (Phi) is 3.14. The molecule has 1 aromatic rings. The second kappa shape index (κ2) is 3.89. The molecule has 1 rings (SSSR count). The minimum absolute atomic E-state index is 0.0727. The van der Waals surface area contributed by atoms with E-state index in [4.69, 9.17) is 5.73 Å². The van der Waals surface area contributed by atoms with Crippen LogP contribution in [0.15, 0.2) is 24.3 Å². The zero-order valence-corrected chi connectivity index (χ0v) is 9.35. The molecule has 1 aromatic carbocycles. The van der Waals surface area contributed by atoms with Crippen molar-refractivity contribution in [1.82, 2.24) is 0 Å². The summed E-state index contributed by atoms with van der Waals surface area (Å²) in [6, 6.07) is 6.52. The average Bonchev–Trinajstić information content (AvgIpc) is 1.99. The maximum atomic E-state index is 13.8. The Bertz CT molecular complexity index is 340. The van der Waals surface area contributed by atoms with Crippen molar-refractivity contribution in [2.24, 2.45) is 5.73 Å². The molecule has 84 valence electrons. The molecule has 0 amide bonds. The van der Waals surface area contributed by atoms with E-state index in [0.717, 1.165) is 0 Å². The SMILES string of the molecule is Cc1ccccc1C(F)(F)CC(C)(C)N. The normalized spacial score (nSPS) is 12.9. The molecule has 0 atom stereocenters. The summed E-state index contributed by atoms with van der Waals surface area (Å²) in [4.78, 5) is 0. The molecule has 15 heavy (non-hydrogen) atoms. The first-order valence-electron chi connectivity index (χ1n) is 4.95. The van der Waals surface area contributed by atoms with Gasteiger partial charge in [0.05, 0.1) is 0 Å². The first kappa shape index (κ1) is 12.1. The van der Waals surface area contributed by atoms with E-state index >= 15 is 0 Å². The van der Waals surface area contributed by atoms with Gasteiger partial charge in [0.25, 0.3) is 5.92 Å². The fourth-order valence-corrected chi connectivity index (χ4v) is 1.65. The lowest BCUT2D eigenvalue weighted by molar-refractivity contribution is -0.0301. The van der Waals surface area contributed by atoms with E-state index in [-0.39, 0.29) is 12.0 Å². The van der Waals surface area contributed by atoms with Crippen LogP contribution in [0.2, 0.25) is 0 Å². The van der Waals surface area contributed by atoms with Crippen LogP contribution >= 0.6 is 0 Å². The number of benzene rings is 1. The molecule has 0 bridgehead atoms. The molecular formula is C12H17F2N. The van der Waals surface area contributed by atoms with Crippen LogP contribution in [0.5, 0.6) is 0 Å². The summed E-state index contributed by atoms with van der Waals surface area (Å²) in [5, 5.41) is 0. The highest BCUT2D eigenvalue weighted by molar-refractivity contribution is 5.29. The smallest absolute Gasteiger partial charge is 0.275 e. The number of hydrogen-bond acceptors (Lipinski definition) is 1. The van der Waals surface area contributed by atoms with Crippen molar-refractivity contribution in [2.45, 2.75) is 38.7 Å². The van der Waals surface area contributed by atoms with Crippen molar-refractivity contribution in [3.05, 3.63) is 35.4 Å². The zero-order valence-electron chi connectivity index (χ0n) is 9.35. The highest BCUT2D eigenvalue weighted by Crippen LogP contribution is 2.36. The fraction of sp³-hybridized carbons (Fsp3) is 0.500. The first-order valence-corrected chi connectivity index (χ1v) is 4.95. The maximum absolute atomic E-state index is 13.8. The summed E-state index contributed by atoms with van der Waals surface area (Å²) < 4.78 is 27.7. The Labute approximate surface area is 89.3 Å². The molecule has 0 saturated heterocycles. The highest BCUT2D eigenvalue weighted by Gasteiger charge is 2.37. The van der Waals surface area contributed by atoms with E-state index in [1.807, 2.05) is 0 Å². The fourth-order valence-electron chi connectivity index (χ4n) is 1.65. The van der Waals surface area contributed by atoms with Gasteiger partial charge in [-0.25, -0.2) is 8.78 Å². The predicted octanol–water partition coefficient (Wildman–Crippen LogP) is 3.21. The average molecular weight is 213 g/mol. The summed E-state index contributed by atoms with van der Waals surface area (Å²) in [6.45, 7) is 4.91. The van der Waals surface area contributed by atoms with Crippen LogP contribution in [0.3, 0.4) is 0 Å². The predicted molar refractivity (Wildman–Crippen MR) is 58.0 cm³/mol. The Morgan fingerprint density at radius 2 is 1.73 bits per heavy atom. The van der Waals surface area contributed by atoms with Crippen molar-refractivity contribution < 1.29 is 8.78 Å². The molecule has 0 aliphatic rings. The van der Waals surface area contributed by atoms with Gasteiger partial charge in [-0.05, 0) is 26.3 Å². The largest absolute Gasteiger partial charge is 0.325 e. The van der Waals surface area contributed by atoms with Crippen LogP contribution in [0.1, 0.15) is 31.4 Å². The molecule has 0 aliphatic carbocycles. The Hall–Kier alpha value is -0.960. The molecule has 0 aliphatic heterocycles. The van der Waals surface area contributed by atoms with E-state index in [2.05, 4.69) is 0 Å². The summed E-state index contributed by atoms with van der Waals surface area (Å²) in [7, 11) is 0. The van der Waals surface area contributed by atoms with Gasteiger partial charge in [0.1, 0.15) is 0 Å². The lowest BCUT2D eigenvalue weighted by atomic mass is 9.91. The molecule has 3 heteroatoms. The molecule has 0 radical (unpaired) electrons. The van der Waals surface area contributed by atoms with Crippen LogP contribution in [0.4, 0.5) is 8.78 Å². The van der Waals surface area contributed by atoms with Gasteiger partial charge in [-0.3, -0.25) is 0 Å². The number of hydrogen-bond donors (Lipinski definition) is 1. The van der Waals surface area contributed by atoms with Crippen molar-refractivity contribution in [1.29, 1.82) is 0 Å². The molecule has 0 fully saturated rings. The van der Waals surface area contributed by atoms with Gasteiger partial charge in [-0.15, -0.1) is 0 Å². The monoisotopic (exact) mass is 213 g/mol. The Morgan fingerprint density at radius 1 is 1.20 bits per heavy atom. The number of alkyl halides is 2. The summed E-state index contributed by atoms with van der Waals surface area (Å²) in [6.07, 6.45) is -0.342. The number of nitrogens with two attached hydrogens (primary N) is 1. The minimum Gasteiger partial charge on any atom is -0.325 e. The molecule has 0 aromatic heterocycles. The first-order chi connectivity index (χ1) is 6.72. The third kappa shape index (κ3) is 3.27. The van der Waals surface area contributed by atoms with Crippen LogP contribution in [0, 0.1) is 6.92 Å². The van der Waals surface area contributed by atoms with Crippen molar-refractivity contribution in [3.63, 3.8) is 0 Å². The van der Waals surface area contributed by atoms with E-state index in [1.165, 1.54) is 6.07 Å². The van der Waals surface area contributed by atoms with Gasteiger partial charge in [-0.2, -0.15) is 0 Å². The van der Waals surface area contributed by atoms with E-state index < -0.39 is 11.5 Å². The number of rotatable bonds is 3. The topological polar surface area (TPSA) is 26.0 Å². The molecule has 2 N–H and O–H groups in total. The molecular weight excluding hydrogens is 196 g/mol. The van der Waals surface area contributed by atoms with Crippen LogP contribution < -0.4 is 5.73 Å². The van der Waals surface area contributed by atoms with Crippen molar-refractivity contribution in [3.8, 4) is 0 Å². The zero-order chi connectivity index (χ0) is 11.7. The molecule has 0 spiro atoms. The van der Waals surface area contributed by atoms with Crippen molar-refractivity contribution >= 4 is 0 Å². The van der Waals surface area contributed by atoms with Crippen molar-refractivity contribution in [2.75, 3.05) is 0 Å². The molecule has 0 saturated carbocycles. The Balaban J connectivity index is 3.01. The van der Waals surface area contributed by atoms with E-state index in [1.54, 1.807) is 39.0 Å². The van der Waals surface area contributed by atoms with Crippen LogP contribution in [-0.4, -0.2) is 5.54 Å². The quantitative estimate of drug-likeness (QED) is 0.819. The summed E-state index contributed by atoms with van der Waals surface area (Å²) >= 11 is 0. The molecule has 0 heterocycles. The standard InChI is InChI=1S/C12H17F2N/c1-9-6-4-5-7-10(9)12(13,14)8-11(2,3)15/h4-7H,8,15H2,1-3H3. The summed E-state index contributed by atoms with van der Waals surface area (Å²) in [5.74, 6) is -2.86. The van der Waals surface area contributed by atoms with Gasteiger partial charge in [0.15, 0.2) is 0 Å². The van der Waals surface area contributed by atoms with Crippen LogP contribution in [-0.2, 0) is 5.92 Å². The minimum atomic E-state index is -2.86. The highest BCUT2D eigenvalue weighted by atomic mass is 19.3. The number of aryl methyl sites for hydroxylation is 1. The van der Waals surface area contributed by atoms with Gasteiger partial charge in [0, 0.05) is 17.5 Å². The second-order valence-electron chi connectivity index (χ2n) is 4.68. The number of halogens is 2. The molecule has 1 nitrogen and oxygen atoms in total. The van der Waals surface area contributed by atoms with E-state index in [9.17, 15) is 8.78 Å². The summed E-state index contributed by atoms with van der Waals surface area (Å²) in [5.41, 5.74) is 5.44. The molecule has 0 unspecified atom stereocenters. The van der Waals surface area contributed by atoms with Gasteiger partial charge < -0.3 is 5.73 Å². The Morgan fingerprint density at radius 3 is 2.20 bits per heavy atom. The third-order valence-corrected chi connectivity index (χ3v) is 2.22. The van der Waals surface area contributed by atoms with Gasteiger partial charge >= 0.3 is 0 Å². The lowest BCUT2D eigenvalue weighted by Gasteiger charge is -2.26. The second-order valence-corrected chi connectivity index (χ2v) is 4.68. The van der Waals surface area contributed by atoms with Gasteiger partial charge in [0.2, 0.25) is 0 Å². The van der Waals surface area contributed by atoms with Crippen LogP contribution in [0.25, 0.3) is 0 Å².